The van der Waals surface area contributed by atoms with E-state index in [0.29, 0.717) is 0 Å². The average molecular weight is 327 g/mol. The third-order valence-corrected chi connectivity index (χ3v) is 4.57. The van der Waals surface area contributed by atoms with Gasteiger partial charge in [-0.25, -0.2) is 21.9 Å². The number of hydrogen-bond donors (Lipinski definition) is 2. The summed E-state index contributed by atoms with van der Waals surface area (Å²) in [6.45, 7) is 1.28. The molecule has 0 saturated carbocycles. The zero-order valence-corrected chi connectivity index (χ0v) is 12.6. The Balaban J connectivity index is 2.13. The topological polar surface area (TPSA) is 66.4 Å². The van der Waals surface area contributed by atoms with Crippen LogP contribution in [0.1, 0.15) is 17.2 Å². The van der Waals surface area contributed by atoms with Gasteiger partial charge in [-0.3, -0.25) is 0 Å². The molecule has 0 aliphatic carbocycles. The number of aliphatic hydroxyl groups excluding tert-OH is 1. The molecule has 0 aromatic heterocycles. The fourth-order valence-electron chi connectivity index (χ4n) is 1.92. The van der Waals surface area contributed by atoms with Gasteiger partial charge in [0, 0.05) is 6.54 Å². The second kappa shape index (κ2) is 6.51. The van der Waals surface area contributed by atoms with Crippen molar-refractivity contribution in [2.75, 3.05) is 6.54 Å². The maximum Gasteiger partial charge on any atom is 0.240 e. The second-order valence-corrected chi connectivity index (χ2v) is 6.58. The molecule has 118 valence electrons. The number of benzene rings is 2. The Morgan fingerprint density at radius 2 is 1.64 bits per heavy atom. The van der Waals surface area contributed by atoms with E-state index >= 15 is 0 Å². The average Bonchev–Trinajstić information content (AvgIpc) is 2.45. The summed E-state index contributed by atoms with van der Waals surface area (Å²) in [4.78, 5) is 0.0132. The Morgan fingerprint density at radius 1 is 1.09 bits per heavy atom. The minimum Gasteiger partial charge on any atom is -0.387 e. The number of aliphatic hydroxyl groups is 1. The number of halogens is 2. The third-order valence-electron chi connectivity index (χ3n) is 3.13. The summed E-state index contributed by atoms with van der Waals surface area (Å²) >= 11 is 0. The van der Waals surface area contributed by atoms with Gasteiger partial charge < -0.3 is 5.11 Å². The van der Waals surface area contributed by atoms with E-state index in [2.05, 4.69) is 4.72 Å². The molecule has 1 unspecified atom stereocenters. The van der Waals surface area contributed by atoms with Crippen LogP contribution in [0.5, 0.6) is 0 Å². The van der Waals surface area contributed by atoms with E-state index in [0.717, 1.165) is 23.8 Å². The van der Waals surface area contributed by atoms with Gasteiger partial charge in [-0.2, -0.15) is 0 Å². The lowest BCUT2D eigenvalue weighted by molar-refractivity contribution is 0.172. The predicted molar refractivity (Wildman–Crippen MR) is 77.7 cm³/mol. The van der Waals surface area contributed by atoms with Gasteiger partial charge >= 0.3 is 0 Å². The SMILES string of the molecule is Cc1ccc(S(=O)(=O)NCC(O)c2c(F)cccc2F)cc1. The van der Waals surface area contributed by atoms with Crippen molar-refractivity contribution in [2.24, 2.45) is 0 Å². The highest BCUT2D eigenvalue weighted by Crippen LogP contribution is 2.20. The molecule has 0 aliphatic rings. The largest absolute Gasteiger partial charge is 0.387 e. The van der Waals surface area contributed by atoms with Crippen molar-refractivity contribution in [3.63, 3.8) is 0 Å². The molecular weight excluding hydrogens is 312 g/mol. The molecule has 0 fully saturated rings. The van der Waals surface area contributed by atoms with E-state index in [1.165, 1.54) is 12.1 Å². The van der Waals surface area contributed by atoms with Crippen molar-refractivity contribution in [3.8, 4) is 0 Å². The van der Waals surface area contributed by atoms with E-state index in [9.17, 15) is 22.3 Å². The molecule has 0 radical (unpaired) electrons. The lowest BCUT2D eigenvalue weighted by Crippen LogP contribution is -2.29. The predicted octanol–water partition coefficient (Wildman–Crippen LogP) is 2.29. The molecule has 0 heterocycles. The van der Waals surface area contributed by atoms with Gasteiger partial charge in [0.05, 0.1) is 16.6 Å². The first kappa shape index (κ1) is 16.5. The van der Waals surface area contributed by atoms with Crippen molar-refractivity contribution in [1.29, 1.82) is 0 Å². The van der Waals surface area contributed by atoms with Crippen molar-refractivity contribution in [3.05, 3.63) is 65.2 Å². The number of sulfonamides is 1. The quantitative estimate of drug-likeness (QED) is 0.885. The highest BCUT2D eigenvalue weighted by molar-refractivity contribution is 7.89. The first-order valence-corrected chi connectivity index (χ1v) is 7.98. The van der Waals surface area contributed by atoms with Crippen LogP contribution >= 0.6 is 0 Å². The molecule has 0 amide bonds. The first-order valence-electron chi connectivity index (χ1n) is 6.49. The zero-order chi connectivity index (χ0) is 16.3. The Morgan fingerprint density at radius 3 is 2.18 bits per heavy atom. The van der Waals surface area contributed by atoms with Crippen LogP contribution in [0, 0.1) is 18.6 Å². The maximum absolute atomic E-state index is 13.5. The summed E-state index contributed by atoms with van der Waals surface area (Å²) in [5, 5.41) is 9.83. The van der Waals surface area contributed by atoms with Crippen LogP contribution in [0.15, 0.2) is 47.4 Å². The summed E-state index contributed by atoms with van der Waals surface area (Å²) in [6.07, 6.45) is -1.62. The molecule has 7 heteroatoms. The van der Waals surface area contributed by atoms with Crippen molar-refractivity contribution >= 4 is 10.0 Å². The molecule has 2 aromatic carbocycles. The van der Waals surface area contributed by atoms with Crippen molar-refractivity contribution in [1.82, 2.24) is 4.72 Å². The molecule has 2 N–H and O–H groups in total. The van der Waals surface area contributed by atoms with Crippen LogP contribution in [0.4, 0.5) is 8.78 Å². The van der Waals surface area contributed by atoms with Crippen LogP contribution < -0.4 is 4.72 Å². The first-order chi connectivity index (χ1) is 10.3. The summed E-state index contributed by atoms with van der Waals surface area (Å²) in [5.41, 5.74) is 0.335. The van der Waals surface area contributed by atoms with Gasteiger partial charge in [-0.15, -0.1) is 0 Å². The van der Waals surface area contributed by atoms with E-state index in [1.54, 1.807) is 12.1 Å². The van der Waals surface area contributed by atoms with E-state index in [-0.39, 0.29) is 4.90 Å². The van der Waals surface area contributed by atoms with Crippen LogP contribution in [-0.4, -0.2) is 20.1 Å². The Kier molecular flexibility index (Phi) is 4.90. The fraction of sp³-hybridized carbons (Fsp3) is 0.200. The highest BCUT2D eigenvalue weighted by Gasteiger charge is 2.21. The Bertz CT molecular complexity index is 741. The van der Waals surface area contributed by atoms with Gasteiger partial charge in [0.25, 0.3) is 0 Å². The monoisotopic (exact) mass is 327 g/mol. The highest BCUT2D eigenvalue weighted by atomic mass is 32.2. The van der Waals surface area contributed by atoms with Gasteiger partial charge in [0.2, 0.25) is 10.0 Å². The van der Waals surface area contributed by atoms with E-state index in [4.69, 9.17) is 0 Å². The normalized spacial score (nSPS) is 13.1. The molecule has 22 heavy (non-hydrogen) atoms. The number of hydrogen-bond acceptors (Lipinski definition) is 3. The second-order valence-electron chi connectivity index (χ2n) is 4.82. The summed E-state index contributed by atoms with van der Waals surface area (Å²) in [6, 6.07) is 9.23. The zero-order valence-electron chi connectivity index (χ0n) is 11.8. The van der Waals surface area contributed by atoms with Crippen LogP contribution in [0.3, 0.4) is 0 Å². The number of aryl methyl sites for hydroxylation is 1. The lowest BCUT2D eigenvalue weighted by Gasteiger charge is -2.14. The standard InChI is InChI=1S/C15H15F2NO3S/c1-10-5-7-11(8-6-10)22(20,21)18-9-14(19)15-12(16)3-2-4-13(15)17/h2-8,14,18-19H,9H2,1H3. The van der Waals surface area contributed by atoms with Gasteiger partial charge in [-0.05, 0) is 31.2 Å². The van der Waals surface area contributed by atoms with Gasteiger partial charge in [-0.1, -0.05) is 23.8 Å². The van der Waals surface area contributed by atoms with Crippen molar-refractivity contribution < 1.29 is 22.3 Å². The molecule has 0 aliphatic heterocycles. The van der Waals surface area contributed by atoms with Crippen molar-refractivity contribution in [2.45, 2.75) is 17.9 Å². The smallest absolute Gasteiger partial charge is 0.240 e. The van der Waals surface area contributed by atoms with Crippen LogP contribution in [-0.2, 0) is 10.0 Å². The minimum atomic E-state index is -3.86. The molecule has 2 aromatic rings. The molecule has 0 saturated heterocycles. The number of rotatable bonds is 5. The van der Waals surface area contributed by atoms with E-state index < -0.39 is 39.9 Å². The lowest BCUT2D eigenvalue weighted by atomic mass is 10.1. The van der Waals surface area contributed by atoms with Gasteiger partial charge in [0.15, 0.2) is 0 Å². The molecule has 0 bridgehead atoms. The molecule has 4 nitrogen and oxygen atoms in total. The Hall–Kier alpha value is -1.83. The molecule has 2 rings (SSSR count). The number of nitrogens with one attached hydrogen (secondary N) is 1. The molecule has 0 spiro atoms. The summed E-state index contributed by atoms with van der Waals surface area (Å²) < 4.78 is 53.2. The van der Waals surface area contributed by atoms with Gasteiger partial charge in [0.1, 0.15) is 11.6 Å². The van der Waals surface area contributed by atoms with Crippen LogP contribution in [0.25, 0.3) is 0 Å². The van der Waals surface area contributed by atoms with E-state index in [1.807, 2.05) is 6.92 Å². The third kappa shape index (κ3) is 3.68. The summed E-state index contributed by atoms with van der Waals surface area (Å²) in [7, 11) is -3.86. The fourth-order valence-corrected chi connectivity index (χ4v) is 2.96. The minimum absolute atomic E-state index is 0.0132. The van der Waals surface area contributed by atoms with Crippen LogP contribution in [0.2, 0.25) is 0 Å². The maximum atomic E-state index is 13.5. The summed E-state index contributed by atoms with van der Waals surface area (Å²) in [5.74, 6) is -1.86. The molecular formula is C15H15F2NO3S. The Labute approximate surface area is 127 Å². The molecule has 1 atom stereocenters.